The molecule has 1 aromatic heterocycles. The Morgan fingerprint density at radius 2 is 1.67 bits per heavy atom. The molecule has 130 valence electrons. The van der Waals surface area contributed by atoms with Gasteiger partial charge in [0.05, 0.1) is 7.11 Å². The quantitative estimate of drug-likeness (QED) is 0.803. The number of aromatic nitrogens is 3. The number of ether oxygens (including phenoxy) is 1. The number of nitrogens with zero attached hydrogens (tertiary/aromatic N) is 4. The van der Waals surface area contributed by atoms with E-state index in [0.29, 0.717) is 29.9 Å². The van der Waals surface area contributed by atoms with Gasteiger partial charge in [0.25, 0.3) is 0 Å². The zero-order valence-corrected chi connectivity index (χ0v) is 15.2. The molecule has 0 fully saturated rings. The molecule has 0 aliphatic heterocycles. The van der Waals surface area contributed by atoms with Crippen molar-refractivity contribution in [2.24, 2.45) is 0 Å². The van der Waals surface area contributed by atoms with Gasteiger partial charge in [0, 0.05) is 30.7 Å². The molecule has 2 aromatic rings. The second-order valence-corrected chi connectivity index (χ2v) is 6.19. The number of nitrogens with one attached hydrogen (secondary N) is 1. The van der Waals surface area contributed by atoms with E-state index in [1.807, 2.05) is 30.3 Å². The zero-order valence-electron chi connectivity index (χ0n) is 15.2. The average molecular weight is 329 g/mol. The molecule has 0 bridgehead atoms. The lowest BCUT2D eigenvalue weighted by Gasteiger charge is -2.30. The van der Waals surface area contributed by atoms with Crippen molar-refractivity contribution in [3.05, 3.63) is 30.3 Å². The minimum atomic E-state index is 0.316. The monoisotopic (exact) mass is 329 g/mol. The van der Waals surface area contributed by atoms with Gasteiger partial charge in [-0.3, -0.25) is 4.90 Å². The topological polar surface area (TPSA) is 63.2 Å². The van der Waals surface area contributed by atoms with Crippen LogP contribution in [-0.2, 0) is 0 Å². The highest BCUT2D eigenvalue weighted by Gasteiger charge is 2.13. The second-order valence-electron chi connectivity index (χ2n) is 6.19. The summed E-state index contributed by atoms with van der Waals surface area (Å²) < 4.78 is 5.21. The van der Waals surface area contributed by atoms with Crippen LogP contribution in [0.25, 0.3) is 11.4 Å². The molecule has 6 heteroatoms. The van der Waals surface area contributed by atoms with Crippen LogP contribution in [-0.4, -0.2) is 52.1 Å². The van der Waals surface area contributed by atoms with Crippen LogP contribution in [0.15, 0.2) is 30.3 Å². The minimum absolute atomic E-state index is 0.316. The largest absolute Gasteiger partial charge is 0.467 e. The average Bonchev–Trinajstić information content (AvgIpc) is 2.58. The van der Waals surface area contributed by atoms with Crippen molar-refractivity contribution in [2.45, 2.75) is 39.8 Å². The van der Waals surface area contributed by atoms with Crippen molar-refractivity contribution in [3.8, 4) is 17.4 Å². The fourth-order valence-electron chi connectivity index (χ4n) is 2.65. The molecule has 0 unspecified atom stereocenters. The van der Waals surface area contributed by atoms with Crippen LogP contribution in [0.1, 0.15) is 27.7 Å². The van der Waals surface area contributed by atoms with Crippen molar-refractivity contribution >= 4 is 5.95 Å². The normalized spacial score (nSPS) is 11.3. The SMILES string of the molecule is COc1nc(NCCN(C(C)C)C(C)C)nc(-c2ccccc2)n1. The summed E-state index contributed by atoms with van der Waals surface area (Å²) in [6, 6.07) is 11.1. The van der Waals surface area contributed by atoms with E-state index in [4.69, 9.17) is 4.74 Å². The maximum absolute atomic E-state index is 5.21. The molecule has 0 aliphatic rings. The van der Waals surface area contributed by atoms with Gasteiger partial charge < -0.3 is 10.1 Å². The van der Waals surface area contributed by atoms with Crippen LogP contribution in [0, 0.1) is 0 Å². The maximum atomic E-state index is 5.21. The first kappa shape index (κ1) is 18.1. The Balaban J connectivity index is 2.10. The first-order valence-electron chi connectivity index (χ1n) is 8.36. The minimum Gasteiger partial charge on any atom is -0.467 e. The Kier molecular flexibility index (Phi) is 6.49. The number of benzene rings is 1. The van der Waals surface area contributed by atoms with E-state index in [1.54, 1.807) is 7.11 Å². The van der Waals surface area contributed by atoms with Gasteiger partial charge in [0.1, 0.15) is 0 Å². The fraction of sp³-hybridized carbons (Fsp3) is 0.500. The predicted octanol–water partition coefficient (Wildman–Crippen LogP) is 3.08. The molecule has 0 saturated carbocycles. The summed E-state index contributed by atoms with van der Waals surface area (Å²) in [5.41, 5.74) is 0.937. The van der Waals surface area contributed by atoms with Crippen LogP contribution in [0.4, 0.5) is 5.95 Å². The Labute approximate surface area is 144 Å². The Hall–Kier alpha value is -2.21. The van der Waals surface area contributed by atoms with Crippen molar-refractivity contribution in [3.63, 3.8) is 0 Å². The summed E-state index contributed by atoms with van der Waals surface area (Å²) in [6.07, 6.45) is 0. The van der Waals surface area contributed by atoms with Crippen LogP contribution < -0.4 is 10.1 Å². The Morgan fingerprint density at radius 3 is 2.25 bits per heavy atom. The van der Waals surface area contributed by atoms with Gasteiger partial charge in [0.2, 0.25) is 5.95 Å². The van der Waals surface area contributed by atoms with E-state index in [2.05, 4.69) is 52.9 Å². The van der Waals surface area contributed by atoms with Crippen molar-refractivity contribution in [2.75, 3.05) is 25.5 Å². The first-order valence-corrected chi connectivity index (χ1v) is 8.36. The van der Waals surface area contributed by atoms with Gasteiger partial charge in [-0.15, -0.1) is 0 Å². The van der Waals surface area contributed by atoms with Crippen LogP contribution in [0.5, 0.6) is 6.01 Å². The van der Waals surface area contributed by atoms with Crippen molar-refractivity contribution < 1.29 is 4.74 Å². The molecule has 0 saturated heterocycles. The number of hydrogen-bond donors (Lipinski definition) is 1. The highest BCUT2D eigenvalue weighted by Crippen LogP contribution is 2.18. The Bertz CT molecular complexity index is 623. The van der Waals surface area contributed by atoms with E-state index in [9.17, 15) is 0 Å². The third-order valence-corrected chi connectivity index (χ3v) is 3.81. The summed E-state index contributed by atoms with van der Waals surface area (Å²) in [4.78, 5) is 15.5. The van der Waals surface area contributed by atoms with Gasteiger partial charge >= 0.3 is 6.01 Å². The smallest absolute Gasteiger partial charge is 0.321 e. The van der Waals surface area contributed by atoms with Crippen molar-refractivity contribution in [1.29, 1.82) is 0 Å². The van der Waals surface area contributed by atoms with Gasteiger partial charge in [-0.05, 0) is 27.7 Å². The molecule has 0 spiro atoms. The zero-order chi connectivity index (χ0) is 17.5. The first-order chi connectivity index (χ1) is 11.5. The van der Waals surface area contributed by atoms with E-state index in [-0.39, 0.29) is 0 Å². The van der Waals surface area contributed by atoms with E-state index in [1.165, 1.54) is 0 Å². The maximum Gasteiger partial charge on any atom is 0.321 e. The van der Waals surface area contributed by atoms with Crippen molar-refractivity contribution in [1.82, 2.24) is 19.9 Å². The number of rotatable bonds is 8. The highest BCUT2D eigenvalue weighted by molar-refractivity contribution is 5.56. The summed E-state index contributed by atoms with van der Waals surface area (Å²) in [5, 5.41) is 3.29. The fourth-order valence-corrected chi connectivity index (χ4v) is 2.65. The van der Waals surface area contributed by atoms with Crippen LogP contribution >= 0.6 is 0 Å². The Morgan fingerprint density at radius 1 is 1.00 bits per heavy atom. The molecular formula is C18H27N5O. The number of anilines is 1. The van der Waals surface area contributed by atoms with E-state index >= 15 is 0 Å². The second kappa shape index (κ2) is 8.59. The lowest BCUT2D eigenvalue weighted by molar-refractivity contribution is 0.182. The molecule has 24 heavy (non-hydrogen) atoms. The van der Waals surface area contributed by atoms with Gasteiger partial charge in [-0.1, -0.05) is 30.3 Å². The van der Waals surface area contributed by atoms with Crippen LogP contribution in [0.3, 0.4) is 0 Å². The van der Waals surface area contributed by atoms with Gasteiger partial charge in [-0.2, -0.15) is 15.0 Å². The number of hydrogen-bond acceptors (Lipinski definition) is 6. The van der Waals surface area contributed by atoms with Gasteiger partial charge in [0.15, 0.2) is 5.82 Å². The predicted molar refractivity (Wildman–Crippen MR) is 97.3 cm³/mol. The molecule has 1 heterocycles. The highest BCUT2D eigenvalue weighted by atomic mass is 16.5. The number of methoxy groups -OCH3 is 1. The third-order valence-electron chi connectivity index (χ3n) is 3.81. The van der Waals surface area contributed by atoms with E-state index in [0.717, 1.165) is 18.7 Å². The molecule has 6 nitrogen and oxygen atoms in total. The molecule has 1 aromatic carbocycles. The van der Waals surface area contributed by atoms with Crippen LogP contribution in [0.2, 0.25) is 0 Å². The van der Waals surface area contributed by atoms with E-state index < -0.39 is 0 Å². The molecule has 2 rings (SSSR count). The standard InChI is InChI=1S/C18H27N5O/c1-13(2)23(14(3)4)12-11-19-17-20-16(21-18(22-17)24-5)15-9-7-6-8-10-15/h6-10,13-14H,11-12H2,1-5H3,(H,19,20,21,22). The molecular weight excluding hydrogens is 302 g/mol. The third kappa shape index (κ3) is 4.89. The lowest BCUT2D eigenvalue weighted by Crippen LogP contribution is -2.40. The molecule has 1 N–H and O–H groups in total. The molecule has 0 aliphatic carbocycles. The summed E-state index contributed by atoms with van der Waals surface area (Å²) in [7, 11) is 1.56. The molecule has 0 radical (unpaired) electrons. The molecule has 0 atom stereocenters. The van der Waals surface area contributed by atoms with Gasteiger partial charge in [-0.25, -0.2) is 0 Å². The lowest BCUT2D eigenvalue weighted by atomic mass is 10.2. The molecule has 0 amide bonds. The summed E-state index contributed by atoms with van der Waals surface area (Å²) >= 11 is 0. The summed E-state index contributed by atoms with van der Waals surface area (Å²) in [6.45, 7) is 10.5. The summed E-state index contributed by atoms with van der Waals surface area (Å²) in [5.74, 6) is 1.14.